The lowest BCUT2D eigenvalue weighted by Crippen LogP contribution is -2.31. The zero-order valence-electron chi connectivity index (χ0n) is 11.8. The normalized spacial score (nSPS) is 18.0. The van der Waals surface area contributed by atoms with Gasteiger partial charge >= 0.3 is 6.09 Å². The number of ether oxygens (including phenoxy) is 1. The molecule has 0 spiro atoms. The number of amides is 1. The zero-order valence-corrected chi connectivity index (χ0v) is 11.8. The Morgan fingerprint density at radius 1 is 1.38 bits per heavy atom. The summed E-state index contributed by atoms with van der Waals surface area (Å²) in [5.74, 6) is 0.576. The van der Waals surface area contributed by atoms with Crippen molar-refractivity contribution >= 4 is 6.09 Å². The van der Waals surface area contributed by atoms with Gasteiger partial charge in [0.2, 0.25) is 0 Å². The first kappa shape index (κ1) is 13.5. The van der Waals surface area contributed by atoms with Crippen LogP contribution in [0.5, 0.6) is 0 Å². The molecule has 7 heteroatoms. The van der Waals surface area contributed by atoms with Gasteiger partial charge in [0.15, 0.2) is 5.82 Å². The number of hydrogen-bond donors (Lipinski definition) is 0. The van der Waals surface area contributed by atoms with Gasteiger partial charge in [-0.3, -0.25) is 4.90 Å². The van der Waals surface area contributed by atoms with E-state index in [0.717, 1.165) is 18.4 Å². The molecule has 0 aliphatic carbocycles. The number of likely N-dealkylation sites (tertiary alicyclic amines) is 1. The van der Waals surface area contributed by atoms with Gasteiger partial charge in [0.05, 0.1) is 13.1 Å². The highest BCUT2D eigenvalue weighted by Gasteiger charge is 2.34. The summed E-state index contributed by atoms with van der Waals surface area (Å²) >= 11 is 0. The highest BCUT2D eigenvalue weighted by molar-refractivity contribution is 5.68. The van der Waals surface area contributed by atoms with Crippen molar-refractivity contribution in [2.24, 2.45) is 7.05 Å². The Balaban J connectivity index is 1.63. The first-order chi connectivity index (χ1) is 10.2. The minimum atomic E-state index is -0.325. The lowest BCUT2D eigenvalue weighted by atomic mass is 10.2. The van der Waals surface area contributed by atoms with E-state index >= 15 is 0 Å². The lowest BCUT2D eigenvalue weighted by Gasteiger charge is -2.21. The fourth-order valence-electron chi connectivity index (χ4n) is 2.49. The van der Waals surface area contributed by atoms with E-state index in [1.54, 1.807) is 11.9 Å². The average Bonchev–Trinajstić information content (AvgIpc) is 3.14. The number of nitrogens with zero attached hydrogens (tertiary/aromatic N) is 5. The predicted molar refractivity (Wildman–Crippen MR) is 74.1 cm³/mol. The Morgan fingerprint density at radius 3 is 2.90 bits per heavy atom. The summed E-state index contributed by atoms with van der Waals surface area (Å²) in [6.45, 7) is 0.938. The van der Waals surface area contributed by atoms with Crippen LogP contribution in [0, 0.1) is 0 Å². The molecule has 0 radical (unpaired) electrons. The van der Waals surface area contributed by atoms with Crippen LogP contribution >= 0.6 is 0 Å². The quantitative estimate of drug-likeness (QED) is 0.858. The number of carbonyl (C=O) groups excluding carboxylic acids is 1. The van der Waals surface area contributed by atoms with Crippen LogP contribution in [0.2, 0.25) is 0 Å². The van der Waals surface area contributed by atoms with Gasteiger partial charge in [0.1, 0.15) is 6.61 Å². The largest absolute Gasteiger partial charge is 0.445 e. The minimum absolute atomic E-state index is 0.137. The molecule has 0 N–H and O–H groups in total. The molecule has 1 amide bonds. The molecule has 1 saturated heterocycles. The van der Waals surface area contributed by atoms with Gasteiger partial charge in [0.25, 0.3) is 0 Å². The molecule has 2 aromatic rings. The molecule has 1 atom stereocenters. The van der Waals surface area contributed by atoms with Gasteiger partial charge in [-0.05, 0) is 23.6 Å². The SMILES string of the molecule is Cn1nnc([C@@H]2CCCN2C(=O)OCc2ccccc2)n1. The summed E-state index contributed by atoms with van der Waals surface area (Å²) in [7, 11) is 1.71. The van der Waals surface area contributed by atoms with Gasteiger partial charge < -0.3 is 4.74 Å². The van der Waals surface area contributed by atoms with Gasteiger partial charge in [-0.1, -0.05) is 30.3 Å². The lowest BCUT2D eigenvalue weighted by molar-refractivity contribution is 0.0908. The van der Waals surface area contributed by atoms with Crippen molar-refractivity contribution in [2.45, 2.75) is 25.5 Å². The van der Waals surface area contributed by atoms with E-state index in [1.165, 1.54) is 4.80 Å². The van der Waals surface area contributed by atoms with Crippen molar-refractivity contribution in [2.75, 3.05) is 6.54 Å². The maximum Gasteiger partial charge on any atom is 0.410 e. The Kier molecular flexibility index (Phi) is 3.81. The van der Waals surface area contributed by atoms with E-state index in [0.29, 0.717) is 12.4 Å². The topological polar surface area (TPSA) is 73.1 Å². The van der Waals surface area contributed by atoms with Crippen molar-refractivity contribution in [3.05, 3.63) is 41.7 Å². The number of rotatable bonds is 3. The van der Waals surface area contributed by atoms with Gasteiger partial charge in [-0.15, -0.1) is 10.2 Å². The Morgan fingerprint density at radius 2 is 2.19 bits per heavy atom. The molecule has 2 heterocycles. The van der Waals surface area contributed by atoms with Gasteiger partial charge in [0, 0.05) is 6.54 Å². The molecule has 1 aromatic heterocycles. The van der Waals surface area contributed by atoms with Crippen molar-refractivity contribution in [1.82, 2.24) is 25.1 Å². The Labute approximate surface area is 122 Å². The average molecular weight is 287 g/mol. The van der Waals surface area contributed by atoms with Crippen LogP contribution in [0.4, 0.5) is 4.79 Å². The van der Waals surface area contributed by atoms with Crippen molar-refractivity contribution in [3.63, 3.8) is 0 Å². The van der Waals surface area contributed by atoms with E-state index < -0.39 is 0 Å². The fourth-order valence-corrected chi connectivity index (χ4v) is 2.49. The van der Waals surface area contributed by atoms with Crippen LogP contribution < -0.4 is 0 Å². The molecule has 0 unspecified atom stereocenters. The molecule has 1 aliphatic rings. The van der Waals surface area contributed by atoms with Crippen LogP contribution in [-0.2, 0) is 18.4 Å². The maximum absolute atomic E-state index is 12.2. The van der Waals surface area contributed by atoms with E-state index in [2.05, 4.69) is 15.4 Å². The van der Waals surface area contributed by atoms with Crippen molar-refractivity contribution in [3.8, 4) is 0 Å². The molecule has 1 aromatic carbocycles. The predicted octanol–water partition coefficient (Wildman–Crippen LogP) is 1.68. The molecular weight excluding hydrogens is 270 g/mol. The van der Waals surface area contributed by atoms with Crippen LogP contribution in [0.15, 0.2) is 30.3 Å². The molecular formula is C14H17N5O2. The van der Waals surface area contributed by atoms with Crippen LogP contribution in [-0.4, -0.2) is 37.7 Å². The van der Waals surface area contributed by atoms with E-state index in [9.17, 15) is 4.79 Å². The minimum Gasteiger partial charge on any atom is -0.445 e. The number of aryl methyl sites for hydroxylation is 1. The summed E-state index contributed by atoms with van der Waals surface area (Å²) in [6, 6.07) is 9.50. The molecule has 110 valence electrons. The molecule has 0 bridgehead atoms. The molecule has 3 rings (SSSR count). The van der Waals surface area contributed by atoms with E-state index in [-0.39, 0.29) is 18.7 Å². The van der Waals surface area contributed by atoms with Gasteiger partial charge in [-0.25, -0.2) is 4.79 Å². The second kappa shape index (κ2) is 5.90. The third kappa shape index (κ3) is 3.01. The number of tetrazole rings is 1. The zero-order chi connectivity index (χ0) is 14.7. The molecule has 1 fully saturated rings. The summed E-state index contributed by atoms with van der Waals surface area (Å²) in [5.41, 5.74) is 0.972. The monoisotopic (exact) mass is 287 g/mol. The number of benzene rings is 1. The summed E-state index contributed by atoms with van der Waals surface area (Å²) in [5, 5.41) is 12.0. The summed E-state index contributed by atoms with van der Waals surface area (Å²) < 4.78 is 5.37. The number of aromatic nitrogens is 4. The van der Waals surface area contributed by atoms with Crippen LogP contribution in [0.25, 0.3) is 0 Å². The highest BCUT2D eigenvalue weighted by atomic mass is 16.6. The Bertz CT molecular complexity index is 613. The van der Waals surface area contributed by atoms with Crippen LogP contribution in [0.3, 0.4) is 0 Å². The molecule has 21 heavy (non-hydrogen) atoms. The maximum atomic E-state index is 12.2. The summed E-state index contributed by atoms with van der Waals surface area (Å²) in [4.78, 5) is 15.3. The first-order valence-corrected chi connectivity index (χ1v) is 6.95. The molecule has 0 saturated carbocycles. The third-order valence-electron chi connectivity index (χ3n) is 3.51. The fraction of sp³-hybridized carbons (Fsp3) is 0.429. The Hall–Kier alpha value is -2.44. The highest BCUT2D eigenvalue weighted by Crippen LogP contribution is 2.30. The third-order valence-corrected chi connectivity index (χ3v) is 3.51. The standard InChI is InChI=1S/C14H17N5O2/c1-18-16-13(15-17-18)12-8-5-9-19(12)14(20)21-10-11-6-3-2-4-7-11/h2-4,6-7,12H,5,8-10H2,1H3/t12-/m0/s1. The number of hydrogen-bond acceptors (Lipinski definition) is 5. The van der Waals surface area contributed by atoms with Crippen LogP contribution in [0.1, 0.15) is 30.3 Å². The van der Waals surface area contributed by atoms with Crippen molar-refractivity contribution in [1.29, 1.82) is 0 Å². The molecule has 7 nitrogen and oxygen atoms in total. The first-order valence-electron chi connectivity index (χ1n) is 6.95. The van der Waals surface area contributed by atoms with E-state index in [4.69, 9.17) is 4.74 Å². The van der Waals surface area contributed by atoms with E-state index in [1.807, 2.05) is 30.3 Å². The summed E-state index contributed by atoms with van der Waals surface area (Å²) in [6.07, 6.45) is 1.43. The van der Waals surface area contributed by atoms with Gasteiger partial charge in [-0.2, -0.15) is 4.80 Å². The smallest absolute Gasteiger partial charge is 0.410 e. The second-order valence-electron chi connectivity index (χ2n) is 5.03. The molecule has 1 aliphatic heterocycles. The van der Waals surface area contributed by atoms with Crippen molar-refractivity contribution < 1.29 is 9.53 Å². The second-order valence-corrected chi connectivity index (χ2v) is 5.03. The number of carbonyl (C=O) groups is 1.